The first-order chi connectivity index (χ1) is 4.15. The van der Waals surface area contributed by atoms with E-state index in [0.717, 1.165) is 0 Å². The summed E-state index contributed by atoms with van der Waals surface area (Å²) >= 11 is 9.25. The summed E-state index contributed by atoms with van der Waals surface area (Å²) in [6.45, 7) is 0.555. The molecule has 0 amide bonds. The minimum atomic E-state index is -4.80. The quantitative estimate of drug-likeness (QED) is 0.449. The zero-order valence-electron chi connectivity index (χ0n) is 4.85. The highest BCUT2D eigenvalue weighted by molar-refractivity contribution is 6.31. The molecule has 0 heterocycles. The van der Waals surface area contributed by atoms with E-state index in [1.807, 2.05) is 0 Å². The Morgan fingerprint density at radius 3 is 1.50 bits per heavy atom. The van der Waals surface area contributed by atoms with Crippen molar-refractivity contribution in [3.63, 3.8) is 0 Å². The molecule has 0 aromatic rings. The van der Waals surface area contributed by atoms with Crippen LogP contribution in [0.15, 0.2) is 0 Å². The van der Waals surface area contributed by atoms with Gasteiger partial charge in [-0.25, -0.2) is 4.39 Å². The SMILES string of the molecule is CC(F)(Cl)C(Cl)C(F)(F)F. The van der Waals surface area contributed by atoms with E-state index in [1.165, 1.54) is 0 Å². The van der Waals surface area contributed by atoms with Crippen molar-refractivity contribution in [1.82, 2.24) is 0 Å². The fourth-order valence-electron chi connectivity index (χ4n) is 0.287. The normalized spacial score (nSPS) is 21.9. The van der Waals surface area contributed by atoms with Crippen molar-refractivity contribution in [1.29, 1.82) is 0 Å². The highest BCUT2D eigenvalue weighted by atomic mass is 35.5. The van der Waals surface area contributed by atoms with Crippen LogP contribution in [-0.4, -0.2) is 16.7 Å². The molecule has 10 heavy (non-hydrogen) atoms. The molecule has 0 fully saturated rings. The van der Waals surface area contributed by atoms with Crippen molar-refractivity contribution in [2.75, 3.05) is 0 Å². The van der Waals surface area contributed by atoms with E-state index in [4.69, 9.17) is 0 Å². The monoisotopic (exact) mass is 198 g/mol. The molecule has 0 aromatic heterocycles. The molecule has 0 aromatic carbocycles. The zero-order chi connectivity index (χ0) is 8.58. The van der Waals surface area contributed by atoms with Crippen molar-refractivity contribution < 1.29 is 17.6 Å². The smallest absolute Gasteiger partial charge is 0.225 e. The molecular weight excluding hydrogens is 195 g/mol. The zero-order valence-corrected chi connectivity index (χ0v) is 6.36. The Hall–Kier alpha value is 0.300. The van der Waals surface area contributed by atoms with E-state index >= 15 is 0 Å². The largest absolute Gasteiger partial charge is 0.409 e. The molecule has 6 heteroatoms. The molecule has 0 aliphatic heterocycles. The van der Waals surface area contributed by atoms with Crippen LogP contribution >= 0.6 is 23.2 Å². The van der Waals surface area contributed by atoms with Gasteiger partial charge in [0.1, 0.15) is 0 Å². The maximum absolute atomic E-state index is 12.2. The molecule has 0 spiro atoms. The summed E-state index contributed by atoms with van der Waals surface area (Å²) in [5.74, 6) is 0. The van der Waals surface area contributed by atoms with Crippen molar-refractivity contribution in [2.24, 2.45) is 0 Å². The minimum Gasteiger partial charge on any atom is -0.225 e. The second kappa shape index (κ2) is 2.74. The average Bonchev–Trinajstić information content (AvgIpc) is 1.59. The lowest BCUT2D eigenvalue weighted by atomic mass is 10.3. The molecule has 0 N–H and O–H groups in total. The van der Waals surface area contributed by atoms with Gasteiger partial charge in [-0.05, 0) is 6.92 Å². The summed E-state index contributed by atoms with van der Waals surface area (Å²) in [6.07, 6.45) is -4.80. The van der Waals surface area contributed by atoms with Crippen molar-refractivity contribution in [2.45, 2.75) is 23.6 Å². The first-order valence-electron chi connectivity index (χ1n) is 2.24. The molecule has 2 unspecified atom stereocenters. The van der Waals surface area contributed by atoms with Gasteiger partial charge in [0.15, 0.2) is 5.38 Å². The van der Waals surface area contributed by atoms with Crippen LogP contribution in [-0.2, 0) is 0 Å². The molecule has 0 bridgehead atoms. The Bertz CT molecular complexity index is 99.4. The van der Waals surface area contributed by atoms with Gasteiger partial charge in [0.25, 0.3) is 0 Å². The molecule has 0 aliphatic carbocycles. The van der Waals surface area contributed by atoms with E-state index in [9.17, 15) is 17.6 Å². The molecule has 0 aliphatic rings. The predicted octanol–water partition coefficient (Wildman–Crippen LogP) is 3.08. The number of halogens is 6. The van der Waals surface area contributed by atoms with E-state index in [1.54, 1.807) is 0 Å². The predicted molar refractivity (Wildman–Crippen MR) is 31.1 cm³/mol. The van der Waals surface area contributed by atoms with Gasteiger partial charge in [0, 0.05) is 0 Å². The third-order valence-electron chi connectivity index (χ3n) is 0.732. The van der Waals surface area contributed by atoms with Crippen LogP contribution in [0.25, 0.3) is 0 Å². The summed E-state index contributed by atoms with van der Waals surface area (Å²) < 4.78 is 46.7. The van der Waals surface area contributed by atoms with Gasteiger partial charge in [-0.15, -0.1) is 11.6 Å². The van der Waals surface area contributed by atoms with E-state index in [-0.39, 0.29) is 0 Å². The van der Waals surface area contributed by atoms with Crippen molar-refractivity contribution in [3.05, 3.63) is 0 Å². The molecule has 62 valence electrons. The minimum absolute atomic E-state index is 0.555. The van der Waals surface area contributed by atoms with Gasteiger partial charge in [-0.3, -0.25) is 0 Å². The van der Waals surface area contributed by atoms with E-state index in [2.05, 4.69) is 23.2 Å². The summed E-state index contributed by atoms with van der Waals surface area (Å²) in [4.78, 5) is 0. The Balaban J connectivity index is 4.23. The lowest BCUT2D eigenvalue weighted by Crippen LogP contribution is -2.37. The summed E-state index contributed by atoms with van der Waals surface area (Å²) in [6, 6.07) is 0. The van der Waals surface area contributed by atoms with Gasteiger partial charge in [-0.1, -0.05) is 11.6 Å². The van der Waals surface area contributed by atoms with Gasteiger partial charge in [-0.2, -0.15) is 13.2 Å². The van der Waals surface area contributed by atoms with Crippen molar-refractivity contribution in [3.8, 4) is 0 Å². The Labute approximate surface area is 65.1 Å². The van der Waals surface area contributed by atoms with Crippen LogP contribution < -0.4 is 0 Å². The van der Waals surface area contributed by atoms with Gasteiger partial charge >= 0.3 is 6.18 Å². The maximum Gasteiger partial charge on any atom is 0.409 e. The Morgan fingerprint density at radius 2 is 1.50 bits per heavy atom. The van der Waals surface area contributed by atoms with Crippen LogP contribution in [0, 0.1) is 0 Å². The fraction of sp³-hybridized carbons (Fsp3) is 1.00. The van der Waals surface area contributed by atoms with E-state index < -0.39 is 16.7 Å². The first kappa shape index (κ1) is 10.3. The average molecular weight is 199 g/mol. The highest BCUT2D eigenvalue weighted by Crippen LogP contribution is 2.37. The summed E-state index contributed by atoms with van der Waals surface area (Å²) in [5, 5.41) is -5.61. The van der Waals surface area contributed by atoms with Crippen LogP contribution in [0.5, 0.6) is 0 Å². The Morgan fingerprint density at radius 1 is 1.20 bits per heavy atom. The molecule has 0 saturated carbocycles. The van der Waals surface area contributed by atoms with Crippen LogP contribution in [0.2, 0.25) is 0 Å². The summed E-state index contributed by atoms with van der Waals surface area (Å²) in [5.41, 5.74) is 0. The standard InChI is InChI=1S/C4H4Cl2F4/c1-3(6,7)2(5)4(8,9)10/h2H,1H3. The van der Waals surface area contributed by atoms with E-state index in [0.29, 0.717) is 6.92 Å². The second-order valence-electron chi connectivity index (χ2n) is 1.86. The van der Waals surface area contributed by atoms with Crippen LogP contribution in [0.1, 0.15) is 6.92 Å². The number of hydrogen-bond donors (Lipinski definition) is 0. The van der Waals surface area contributed by atoms with Gasteiger partial charge in [0.2, 0.25) is 5.13 Å². The van der Waals surface area contributed by atoms with Gasteiger partial charge < -0.3 is 0 Å². The maximum atomic E-state index is 12.2. The molecule has 0 saturated heterocycles. The highest BCUT2D eigenvalue weighted by Gasteiger charge is 2.50. The lowest BCUT2D eigenvalue weighted by molar-refractivity contribution is -0.144. The van der Waals surface area contributed by atoms with Gasteiger partial charge in [0.05, 0.1) is 0 Å². The Kier molecular flexibility index (Phi) is 2.82. The van der Waals surface area contributed by atoms with Crippen molar-refractivity contribution >= 4 is 23.2 Å². The number of rotatable bonds is 1. The summed E-state index contributed by atoms with van der Waals surface area (Å²) in [7, 11) is 0. The first-order valence-corrected chi connectivity index (χ1v) is 3.05. The van der Waals surface area contributed by atoms with Crippen LogP contribution in [0.3, 0.4) is 0 Å². The molecule has 0 radical (unpaired) electrons. The van der Waals surface area contributed by atoms with Crippen LogP contribution in [0.4, 0.5) is 17.6 Å². The molecule has 0 nitrogen and oxygen atoms in total. The molecular formula is C4H4Cl2F4. The molecule has 2 atom stereocenters. The lowest BCUT2D eigenvalue weighted by Gasteiger charge is -2.20. The number of hydrogen-bond acceptors (Lipinski definition) is 0. The fourth-order valence-corrected chi connectivity index (χ4v) is 0.411. The second-order valence-corrected chi connectivity index (χ2v) is 3.04. The molecule has 0 rings (SSSR count). The third-order valence-corrected chi connectivity index (χ3v) is 1.72. The number of alkyl halides is 6. The third kappa shape index (κ3) is 2.92. The topological polar surface area (TPSA) is 0 Å².